The van der Waals surface area contributed by atoms with Gasteiger partial charge in [0.2, 0.25) is 0 Å². The number of para-hydroxylation sites is 1. The summed E-state index contributed by atoms with van der Waals surface area (Å²) in [4.78, 5) is 27.0. The molecule has 1 aliphatic rings. The maximum Gasteiger partial charge on any atom is 0.278 e. The first-order valence-electron chi connectivity index (χ1n) is 9.08. The monoisotopic (exact) mass is 364 g/mol. The Morgan fingerprint density at radius 3 is 2.26 bits per heavy atom. The molecule has 5 heteroatoms. The third-order valence-corrected chi connectivity index (χ3v) is 4.71. The Hall–Kier alpha value is -3.08. The third kappa shape index (κ3) is 3.45. The van der Waals surface area contributed by atoms with Crippen LogP contribution in [0.15, 0.2) is 54.2 Å². The topological polar surface area (TPSA) is 58.6 Å². The van der Waals surface area contributed by atoms with Gasteiger partial charge in [-0.2, -0.15) is 0 Å². The molecule has 140 valence electrons. The first kappa shape index (κ1) is 18.7. The molecule has 1 aliphatic heterocycles. The van der Waals surface area contributed by atoms with Gasteiger partial charge >= 0.3 is 0 Å². The van der Waals surface area contributed by atoms with Gasteiger partial charge in [0.05, 0.1) is 12.7 Å². The molecule has 0 spiro atoms. The number of hydrogen-bond acceptors (Lipinski definition) is 4. The number of rotatable bonds is 6. The Morgan fingerprint density at radius 2 is 1.67 bits per heavy atom. The molecule has 0 radical (unpaired) electrons. The van der Waals surface area contributed by atoms with Crippen LogP contribution in [0.3, 0.4) is 0 Å². The number of carbonyl (C=O) groups is 2. The minimum Gasteiger partial charge on any atom is -0.496 e. The second-order valence-electron chi connectivity index (χ2n) is 6.71. The molecule has 0 bridgehead atoms. The highest BCUT2D eigenvalue weighted by Gasteiger charge is 2.39. The Kier molecular flexibility index (Phi) is 5.31. The van der Waals surface area contributed by atoms with Crippen molar-refractivity contribution in [1.29, 1.82) is 0 Å². The minimum absolute atomic E-state index is 0.281. The number of imide groups is 1. The lowest BCUT2D eigenvalue weighted by atomic mass is 10.0. The number of hydrogen-bond donors (Lipinski definition) is 1. The van der Waals surface area contributed by atoms with Gasteiger partial charge < -0.3 is 10.1 Å². The number of likely N-dealkylation sites (N-methyl/N-ethyl adjacent to an activating group) is 1. The number of nitrogens with one attached hydrogen (secondary N) is 1. The average Bonchev–Trinajstić information content (AvgIpc) is 2.91. The van der Waals surface area contributed by atoms with Crippen molar-refractivity contribution in [2.75, 3.05) is 19.0 Å². The standard InChI is InChI=1S/C22H24N2O3/c1-5-24-21(25)19(17-8-6-7-9-18(17)27-4)20(22(24)26)23-16-12-10-15(11-13-16)14(2)3/h6-14,23H,5H2,1-4H3. The van der Waals surface area contributed by atoms with Gasteiger partial charge in [0.1, 0.15) is 11.4 Å². The van der Waals surface area contributed by atoms with Crippen molar-refractivity contribution in [3.8, 4) is 5.75 Å². The normalized spacial score (nSPS) is 14.3. The van der Waals surface area contributed by atoms with E-state index < -0.39 is 0 Å². The molecule has 0 aromatic heterocycles. The lowest BCUT2D eigenvalue weighted by molar-refractivity contribution is -0.136. The molecule has 0 fully saturated rings. The molecule has 0 aliphatic carbocycles. The van der Waals surface area contributed by atoms with Crippen molar-refractivity contribution in [2.24, 2.45) is 0 Å². The molecule has 27 heavy (non-hydrogen) atoms. The number of anilines is 1. The Balaban J connectivity index is 2.07. The number of nitrogens with zero attached hydrogens (tertiary/aromatic N) is 1. The van der Waals surface area contributed by atoms with E-state index in [4.69, 9.17) is 4.74 Å². The van der Waals surface area contributed by atoms with Gasteiger partial charge in [-0.25, -0.2) is 0 Å². The summed E-state index contributed by atoms with van der Waals surface area (Å²) in [5, 5.41) is 3.16. The summed E-state index contributed by atoms with van der Waals surface area (Å²) in [6.45, 7) is 6.36. The molecule has 0 saturated carbocycles. The van der Waals surface area contributed by atoms with E-state index in [9.17, 15) is 9.59 Å². The Labute approximate surface area is 159 Å². The van der Waals surface area contributed by atoms with Crippen LogP contribution in [-0.2, 0) is 9.59 Å². The Bertz CT molecular complexity index is 898. The summed E-state index contributed by atoms with van der Waals surface area (Å²) in [5.74, 6) is 0.346. The Morgan fingerprint density at radius 1 is 1.00 bits per heavy atom. The van der Waals surface area contributed by atoms with E-state index in [0.717, 1.165) is 5.69 Å². The first-order valence-corrected chi connectivity index (χ1v) is 9.08. The van der Waals surface area contributed by atoms with Gasteiger partial charge in [-0.1, -0.05) is 44.2 Å². The van der Waals surface area contributed by atoms with E-state index in [0.29, 0.717) is 29.3 Å². The summed E-state index contributed by atoms with van der Waals surface area (Å²) in [6.07, 6.45) is 0. The molecule has 2 amide bonds. The number of ether oxygens (including phenoxy) is 1. The molecule has 1 heterocycles. The number of carbonyl (C=O) groups excluding carboxylic acids is 2. The van der Waals surface area contributed by atoms with Crippen molar-refractivity contribution in [3.05, 3.63) is 65.4 Å². The molecule has 1 N–H and O–H groups in total. The molecule has 2 aromatic rings. The zero-order chi connectivity index (χ0) is 19.6. The van der Waals surface area contributed by atoms with Gasteiger partial charge in [0, 0.05) is 17.8 Å². The van der Waals surface area contributed by atoms with Crippen LogP contribution in [-0.4, -0.2) is 30.4 Å². The summed E-state index contributed by atoms with van der Waals surface area (Å²) >= 11 is 0. The van der Waals surface area contributed by atoms with Crippen molar-refractivity contribution >= 4 is 23.1 Å². The van der Waals surface area contributed by atoms with Gasteiger partial charge in [-0.3, -0.25) is 14.5 Å². The van der Waals surface area contributed by atoms with Crippen molar-refractivity contribution in [2.45, 2.75) is 26.7 Å². The quantitative estimate of drug-likeness (QED) is 0.786. The van der Waals surface area contributed by atoms with Crippen LogP contribution in [0, 0.1) is 0 Å². The lowest BCUT2D eigenvalue weighted by Crippen LogP contribution is -2.32. The molecule has 3 rings (SSSR count). The molecular formula is C22H24N2O3. The van der Waals surface area contributed by atoms with Crippen LogP contribution in [0.4, 0.5) is 5.69 Å². The maximum absolute atomic E-state index is 12.9. The van der Waals surface area contributed by atoms with Crippen LogP contribution < -0.4 is 10.1 Å². The van der Waals surface area contributed by atoms with Crippen LogP contribution in [0.2, 0.25) is 0 Å². The first-order chi connectivity index (χ1) is 13.0. The van der Waals surface area contributed by atoms with Crippen molar-refractivity contribution in [1.82, 2.24) is 4.90 Å². The second kappa shape index (κ2) is 7.66. The molecular weight excluding hydrogens is 340 g/mol. The lowest BCUT2D eigenvalue weighted by Gasteiger charge is -2.12. The zero-order valence-corrected chi connectivity index (χ0v) is 16.1. The smallest absolute Gasteiger partial charge is 0.278 e. The predicted octanol–water partition coefficient (Wildman–Crippen LogP) is 4.03. The highest BCUT2D eigenvalue weighted by Crippen LogP contribution is 2.35. The number of amides is 2. The largest absolute Gasteiger partial charge is 0.496 e. The fourth-order valence-corrected chi connectivity index (χ4v) is 3.18. The van der Waals surface area contributed by atoms with Crippen LogP contribution in [0.1, 0.15) is 37.8 Å². The minimum atomic E-state index is -0.323. The third-order valence-electron chi connectivity index (χ3n) is 4.71. The fraction of sp³-hybridized carbons (Fsp3) is 0.273. The summed E-state index contributed by atoms with van der Waals surface area (Å²) in [7, 11) is 1.55. The van der Waals surface area contributed by atoms with Gasteiger partial charge in [0.25, 0.3) is 11.8 Å². The molecule has 5 nitrogen and oxygen atoms in total. The number of methoxy groups -OCH3 is 1. The van der Waals surface area contributed by atoms with Crippen molar-refractivity contribution in [3.63, 3.8) is 0 Å². The highest BCUT2D eigenvalue weighted by atomic mass is 16.5. The number of benzene rings is 2. The van der Waals surface area contributed by atoms with E-state index in [1.165, 1.54) is 10.5 Å². The van der Waals surface area contributed by atoms with Crippen LogP contribution in [0.25, 0.3) is 5.57 Å². The van der Waals surface area contributed by atoms with Crippen molar-refractivity contribution < 1.29 is 14.3 Å². The van der Waals surface area contributed by atoms with E-state index in [2.05, 4.69) is 19.2 Å². The predicted molar refractivity (Wildman–Crippen MR) is 106 cm³/mol. The van der Waals surface area contributed by atoms with Gasteiger partial charge in [-0.05, 0) is 36.6 Å². The molecule has 0 unspecified atom stereocenters. The summed E-state index contributed by atoms with van der Waals surface area (Å²) in [6, 6.07) is 15.1. The van der Waals surface area contributed by atoms with Gasteiger partial charge in [-0.15, -0.1) is 0 Å². The average molecular weight is 364 g/mol. The van der Waals surface area contributed by atoms with E-state index in [1.54, 1.807) is 26.2 Å². The molecule has 0 atom stereocenters. The van der Waals surface area contributed by atoms with E-state index >= 15 is 0 Å². The summed E-state index contributed by atoms with van der Waals surface area (Å²) < 4.78 is 5.41. The summed E-state index contributed by atoms with van der Waals surface area (Å²) in [5.41, 5.74) is 3.20. The fourth-order valence-electron chi connectivity index (χ4n) is 3.18. The maximum atomic E-state index is 12.9. The molecule has 2 aromatic carbocycles. The highest BCUT2D eigenvalue weighted by molar-refractivity contribution is 6.37. The van der Waals surface area contributed by atoms with E-state index in [-0.39, 0.29) is 17.5 Å². The van der Waals surface area contributed by atoms with Crippen LogP contribution in [0.5, 0.6) is 5.75 Å². The van der Waals surface area contributed by atoms with Crippen LogP contribution >= 0.6 is 0 Å². The second-order valence-corrected chi connectivity index (χ2v) is 6.71. The molecule has 0 saturated heterocycles. The zero-order valence-electron chi connectivity index (χ0n) is 16.1. The van der Waals surface area contributed by atoms with E-state index in [1.807, 2.05) is 36.4 Å². The van der Waals surface area contributed by atoms with Gasteiger partial charge in [0.15, 0.2) is 0 Å². The SMILES string of the molecule is CCN1C(=O)C(Nc2ccc(C(C)C)cc2)=C(c2ccccc2OC)C1=O.